The van der Waals surface area contributed by atoms with Crippen LogP contribution in [0.25, 0.3) is 0 Å². The first-order valence-corrected chi connectivity index (χ1v) is 8.05. The molecule has 3 N–H and O–H groups in total. The number of nitrogens with one attached hydrogen (secondary N) is 1. The Labute approximate surface area is 171 Å². The standard InChI is InChI=1S/C18H18F3N3O2.HI/c19-13-5-3-7-16(26-17(20)21)12(13)10-23-18(22)24-14-8-9-25-15-6-2-1-4-11(14)15;/h1-7,14,17H,8-10H2,(H3,22,23,24);1H. The number of nitrogens with zero attached hydrogens (tertiary/aromatic N) is 1. The number of hydrogen-bond acceptors (Lipinski definition) is 3. The zero-order valence-corrected chi connectivity index (χ0v) is 16.5. The Kier molecular flexibility index (Phi) is 7.57. The molecule has 0 spiro atoms. The van der Waals surface area contributed by atoms with Gasteiger partial charge in [-0.05, 0) is 18.2 Å². The third kappa shape index (κ3) is 5.41. The normalized spacial score (nSPS) is 16.1. The van der Waals surface area contributed by atoms with Crippen LogP contribution >= 0.6 is 24.0 Å². The van der Waals surface area contributed by atoms with Crippen molar-refractivity contribution in [3.05, 3.63) is 59.4 Å². The molecule has 0 aromatic heterocycles. The predicted molar refractivity (Wildman–Crippen MR) is 106 cm³/mol. The Morgan fingerprint density at radius 3 is 2.81 bits per heavy atom. The highest BCUT2D eigenvalue weighted by atomic mass is 127. The molecule has 0 saturated heterocycles. The van der Waals surface area contributed by atoms with Crippen molar-refractivity contribution in [1.82, 2.24) is 5.32 Å². The molecule has 2 aromatic rings. The van der Waals surface area contributed by atoms with Gasteiger partial charge in [0, 0.05) is 12.0 Å². The lowest BCUT2D eigenvalue weighted by atomic mass is 10.0. The molecular weight excluding hydrogens is 474 g/mol. The van der Waals surface area contributed by atoms with Gasteiger partial charge in [-0.3, -0.25) is 0 Å². The number of alkyl halides is 2. The number of fused-ring (bicyclic) bond motifs is 1. The summed E-state index contributed by atoms with van der Waals surface area (Å²) < 4.78 is 48.7. The molecule has 1 unspecified atom stereocenters. The van der Waals surface area contributed by atoms with Crippen LogP contribution in [0.3, 0.4) is 0 Å². The molecule has 146 valence electrons. The predicted octanol–water partition coefficient (Wildman–Crippen LogP) is 3.97. The minimum absolute atomic E-state index is 0. The van der Waals surface area contributed by atoms with Gasteiger partial charge in [-0.15, -0.1) is 24.0 Å². The van der Waals surface area contributed by atoms with Crippen molar-refractivity contribution in [1.29, 1.82) is 0 Å². The van der Waals surface area contributed by atoms with Gasteiger partial charge in [0.05, 0.1) is 24.8 Å². The lowest BCUT2D eigenvalue weighted by Gasteiger charge is -2.27. The summed E-state index contributed by atoms with van der Waals surface area (Å²) in [4.78, 5) is 4.07. The second kappa shape index (κ2) is 9.67. The van der Waals surface area contributed by atoms with Gasteiger partial charge in [0.25, 0.3) is 0 Å². The first-order valence-electron chi connectivity index (χ1n) is 8.05. The average molecular weight is 493 g/mol. The Balaban J connectivity index is 0.00000261. The molecule has 1 aliphatic heterocycles. The highest BCUT2D eigenvalue weighted by Gasteiger charge is 2.21. The zero-order chi connectivity index (χ0) is 18.5. The molecule has 0 amide bonds. The molecule has 0 aliphatic carbocycles. The third-order valence-electron chi connectivity index (χ3n) is 3.98. The fraction of sp³-hybridized carbons (Fsp3) is 0.278. The summed E-state index contributed by atoms with van der Waals surface area (Å²) in [6.45, 7) is -2.74. The second-order valence-electron chi connectivity index (χ2n) is 5.67. The number of aliphatic imine (C=N–C) groups is 1. The van der Waals surface area contributed by atoms with Crippen molar-refractivity contribution in [2.75, 3.05) is 6.61 Å². The number of rotatable bonds is 5. The largest absolute Gasteiger partial charge is 0.493 e. The molecule has 0 fully saturated rings. The molecule has 9 heteroatoms. The maximum Gasteiger partial charge on any atom is 0.387 e. The van der Waals surface area contributed by atoms with Crippen LogP contribution in [-0.2, 0) is 6.54 Å². The summed E-state index contributed by atoms with van der Waals surface area (Å²) in [7, 11) is 0. The first kappa shape index (κ1) is 21.1. The van der Waals surface area contributed by atoms with Gasteiger partial charge in [-0.2, -0.15) is 8.78 Å². The molecule has 1 aliphatic rings. The Hall–Kier alpha value is -2.17. The van der Waals surface area contributed by atoms with Crippen LogP contribution in [0.4, 0.5) is 13.2 Å². The van der Waals surface area contributed by atoms with Gasteiger partial charge < -0.3 is 20.5 Å². The molecule has 5 nitrogen and oxygen atoms in total. The molecule has 27 heavy (non-hydrogen) atoms. The molecule has 0 bridgehead atoms. The van der Waals surface area contributed by atoms with E-state index in [1.165, 1.54) is 12.1 Å². The van der Waals surface area contributed by atoms with E-state index in [9.17, 15) is 13.2 Å². The summed E-state index contributed by atoms with van der Waals surface area (Å²) in [5, 5.41) is 3.06. The quantitative estimate of drug-likeness (QED) is 0.376. The van der Waals surface area contributed by atoms with Crippen LogP contribution in [0, 0.1) is 5.82 Å². The fourth-order valence-corrected chi connectivity index (χ4v) is 2.78. The summed E-state index contributed by atoms with van der Waals surface area (Å²) in [6.07, 6.45) is 0.687. The summed E-state index contributed by atoms with van der Waals surface area (Å²) >= 11 is 0. The lowest BCUT2D eigenvalue weighted by Crippen LogP contribution is -2.37. The number of nitrogens with two attached hydrogens (primary N) is 1. The monoisotopic (exact) mass is 493 g/mol. The van der Waals surface area contributed by atoms with Crippen LogP contribution in [0.15, 0.2) is 47.5 Å². The number of guanidine groups is 1. The van der Waals surface area contributed by atoms with Gasteiger partial charge in [0.1, 0.15) is 17.3 Å². The Morgan fingerprint density at radius 2 is 2.04 bits per heavy atom. The fourth-order valence-electron chi connectivity index (χ4n) is 2.78. The Bertz CT molecular complexity index is 805. The van der Waals surface area contributed by atoms with Gasteiger partial charge in [-0.25, -0.2) is 9.38 Å². The van der Waals surface area contributed by atoms with E-state index in [1.54, 1.807) is 0 Å². The maximum absolute atomic E-state index is 13.9. The van der Waals surface area contributed by atoms with Crippen LogP contribution in [0.2, 0.25) is 0 Å². The number of benzene rings is 2. The highest BCUT2D eigenvalue weighted by Crippen LogP contribution is 2.31. The highest BCUT2D eigenvalue weighted by molar-refractivity contribution is 14.0. The minimum atomic E-state index is -3.05. The van der Waals surface area contributed by atoms with E-state index in [2.05, 4.69) is 15.0 Å². The topological polar surface area (TPSA) is 68.9 Å². The maximum atomic E-state index is 13.9. The molecule has 0 saturated carbocycles. The van der Waals surface area contributed by atoms with Crippen LogP contribution < -0.4 is 20.5 Å². The molecule has 1 atom stereocenters. The minimum Gasteiger partial charge on any atom is -0.493 e. The first-order chi connectivity index (χ1) is 12.5. The molecule has 3 rings (SSSR count). The number of halogens is 4. The summed E-state index contributed by atoms with van der Waals surface area (Å²) in [6, 6.07) is 11.2. The summed E-state index contributed by atoms with van der Waals surface area (Å²) in [5.41, 5.74) is 6.77. The molecule has 0 radical (unpaired) electrons. The van der Waals surface area contributed by atoms with E-state index in [4.69, 9.17) is 10.5 Å². The SMILES string of the molecule is I.NC(=NCc1c(F)cccc1OC(F)F)NC1CCOc2ccccc21. The van der Waals surface area contributed by atoms with Gasteiger partial charge >= 0.3 is 6.61 Å². The number of ether oxygens (including phenoxy) is 2. The van der Waals surface area contributed by atoms with Gasteiger partial charge in [0.2, 0.25) is 0 Å². The zero-order valence-electron chi connectivity index (χ0n) is 14.2. The van der Waals surface area contributed by atoms with Crippen LogP contribution in [-0.4, -0.2) is 19.2 Å². The second-order valence-corrected chi connectivity index (χ2v) is 5.67. The number of para-hydroxylation sites is 1. The third-order valence-corrected chi connectivity index (χ3v) is 3.98. The molecular formula is C18H19F3IN3O2. The van der Waals surface area contributed by atoms with Crippen molar-refractivity contribution >= 4 is 29.9 Å². The van der Waals surface area contributed by atoms with Crippen molar-refractivity contribution in [2.24, 2.45) is 10.7 Å². The number of hydrogen-bond donors (Lipinski definition) is 2. The van der Waals surface area contributed by atoms with Gasteiger partial charge in [0.15, 0.2) is 5.96 Å². The molecule has 2 aromatic carbocycles. The van der Waals surface area contributed by atoms with E-state index in [-0.39, 0.29) is 53.8 Å². The van der Waals surface area contributed by atoms with Crippen molar-refractivity contribution in [2.45, 2.75) is 25.6 Å². The van der Waals surface area contributed by atoms with E-state index in [0.717, 1.165) is 17.4 Å². The van der Waals surface area contributed by atoms with E-state index in [1.807, 2.05) is 24.3 Å². The smallest absolute Gasteiger partial charge is 0.387 e. The van der Waals surface area contributed by atoms with Crippen molar-refractivity contribution in [3.8, 4) is 11.5 Å². The van der Waals surface area contributed by atoms with E-state index >= 15 is 0 Å². The average Bonchev–Trinajstić information content (AvgIpc) is 2.61. The van der Waals surface area contributed by atoms with Crippen LogP contribution in [0.5, 0.6) is 11.5 Å². The molecule has 1 heterocycles. The lowest BCUT2D eigenvalue weighted by molar-refractivity contribution is -0.0506. The van der Waals surface area contributed by atoms with Crippen LogP contribution in [0.1, 0.15) is 23.6 Å². The van der Waals surface area contributed by atoms with Gasteiger partial charge in [-0.1, -0.05) is 24.3 Å². The van der Waals surface area contributed by atoms with E-state index < -0.39 is 12.4 Å². The Morgan fingerprint density at radius 1 is 1.26 bits per heavy atom. The van der Waals surface area contributed by atoms with Crippen molar-refractivity contribution < 1.29 is 22.6 Å². The van der Waals surface area contributed by atoms with E-state index in [0.29, 0.717) is 13.0 Å². The van der Waals surface area contributed by atoms with Crippen molar-refractivity contribution in [3.63, 3.8) is 0 Å². The summed E-state index contributed by atoms with van der Waals surface area (Å²) in [5.74, 6) is -0.0900.